The van der Waals surface area contributed by atoms with Crippen molar-refractivity contribution in [2.45, 2.75) is 39.0 Å². The van der Waals surface area contributed by atoms with Gasteiger partial charge in [0.05, 0.1) is 0 Å². The molecule has 4 nitrogen and oxygen atoms in total. The summed E-state index contributed by atoms with van der Waals surface area (Å²) in [5.41, 5.74) is 0.547. The molecule has 0 spiro atoms. The van der Waals surface area contributed by atoms with Gasteiger partial charge in [0, 0.05) is 26.7 Å². The van der Waals surface area contributed by atoms with E-state index in [4.69, 9.17) is 0 Å². The normalized spacial score (nSPS) is 27.1. The molecule has 1 saturated carbocycles. The molecule has 0 aromatic rings. The number of aliphatic imine (C=N–C) groups is 1. The minimum Gasteiger partial charge on any atom is -0.356 e. The Balaban J connectivity index is 1.69. The summed E-state index contributed by atoms with van der Waals surface area (Å²) < 4.78 is 0. The van der Waals surface area contributed by atoms with E-state index in [-0.39, 0.29) is 0 Å². The molecule has 2 N–H and O–H groups in total. The smallest absolute Gasteiger partial charge is 0.191 e. The van der Waals surface area contributed by atoms with Crippen LogP contribution in [0.25, 0.3) is 0 Å². The van der Waals surface area contributed by atoms with Crippen LogP contribution in [0.3, 0.4) is 0 Å². The standard InChI is InChI=1S/C15H30N4/c1-4-15(7-5-8-15)12-18-14(16-2)17-10-13-6-9-19(3)11-13/h13H,4-12H2,1-3H3,(H2,16,17,18). The highest BCUT2D eigenvalue weighted by molar-refractivity contribution is 5.79. The summed E-state index contributed by atoms with van der Waals surface area (Å²) in [7, 11) is 4.07. The summed E-state index contributed by atoms with van der Waals surface area (Å²) in [5, 5.41) is 7.01. The maximum absolute atomic E-state index is 4.34. The van der Waals surface area contributed by atoms with Gasteiger partial charge in [-0.25, -0.2) is 0 Å². The fourth-order valence-electron chi connectivity index (χ4n) is 3.26. The summed E-state index contributed by atoms with van der Waals surface area (Å²) in [5.74, 6) is 1.75. The molecule has 1 aliphatic carbocycles. The number of rotatable bonds is 5. The molecule has 1 aliphatic heterocycles. The number of hydrogen-bond donors (Lipinski definition) is 2. The van der Waals surface area contributed by atoms with Crippen LogP contribution >= 0.6 is 0 Å². The number of likely N-dealkylation sites (tertiary alicyclic amines) is 1. The Morgan fingerprint density at radius 3 is 2.63 bits per heavy atom. The molecular weight excluding hydrogens is 236 g/mol. The van der Waals surface area contributed by atoms with Gasteiger partial charge >= 0.3 is 0 Å². The molecule has 110 valence electrons. The SMILES string of the molecule is CCC1(CNC(=NC)NCC2CCN(C)C2)CCC1. The Bertz CT molecular complexity index is 304. The molecule has 1 saturated heterocycles. The molecule has 1 unspecified atom stereocenters. The topological polar surface area (TPSA) is 39.7 Å². The van der Waals surface area contributed by atoms with E-state index in [2.05, 4.69) is 34.5 Å². The average molecular weight is 266 g/mol. The van der Waals surface area contributed by atoms with Gasteiger partial charge in [-0.05, 0) is 50.6 Å². The zero-order chi connectivity index (χ0) is 13.7. The second kappa shape index (κ2) is 6.60. The lowest BCUT2D eigenvalue weighted by Gasteiger charge is -2.41. The maximum atomic E-state index is 4.34. The van der Waals surface area contributed by atoms with Gasteiger partial charge in [-0.3, -0.25) is 4.99 Å². The second-order valence-electron chi connectivity index (χ2n) is 6.43. The van der Waals surface area contributed by atoms with Gasteiger partial charge < -0.3 is 15.5 Å². The van der Waals surface area contributed by atoms with Crippen LogP contribution in [0.1, 0.15) is 39.0 Å². The minimum atomic E-state index is 0.547. The summed E-state index contributed by atoms with van der Waals surface area (Å²) in [4.78, 5) is 6.75. The molecule has 19 heavy (non-hydrogen) atoms. The van der Waals surface area contributed by atoms with Crippen LogP contribution in [0.2, 0.25) is 0 Å². The van der Waals surface area contributed by atoms with Crippen molar-refractivity contribution in [3.8, 4) is 0 Å². The highest BCUT2D eigenvalue weighted by atomic mass is 15.2. The zero-order valence-electron chi connectivity index (χ0n) is 12.8. The predicted molar refractivity (Wildman–Crippen MR) is 81.5 cm³/mol. The van der Waals surface area contributed by atoms with Crippen LogP contribution in [0.5, 0.6) is 0 Å². The largest absolute Gasteiger partial charge is 0.356 e. The number of guanidine groups is 1. The molecule has 4 heteroatoms. The average Bonchev–Trinajstić information content (AvgIpc) is 2.78. The summed E-state index contributed by atoms with van der Waals surface area (Å²) >= 11 is 0. The van der Waals surface area contributed by atoms with E-state index < -0.39 is 0 Å². The van der Waals surface area contributed by atoms with Crippen molar-refractivity contribution in [2.24, 2.45) is 16.3 Å². The van der Waals surface area contributed by atoms with Crippen LogP contribution in [-0.2, 0) is 0 Å². The van der Waals surface area contributed by atoms with E-state index >= 15 is 0 Å². The van der Waals surface area contributed by atoms with Gasteiger partial charge in [-0.2, -0.15) is 0 Å². The number of nitrogens with zero attached hydrogens (tertiary/aromatic N) is 2. The molecule has 1 atom stereocenters. The Hall–Kier alpha value is -0.770. The van der Waals surface area contributed by atoms with Gasteiger partial charge in [-0.1, -0.05) is 13.3 Å². The van der Waals surface area contributed by atoms with Crippen molar-refractivity contribution < 1.29 is 0 Å². The van der Waals surface area contributed by atoms with Crippen LogP contribution in [0.4, 0.5) is 0 Å². The molecule has 2 aliphatic rings. The minimum absolute atomic E-state index is 0.547. The van der Waals surface area contributed by atoms with Crippen LogP contribution in [0.15, 0.2) is 4.99 Å². The van der Waals surface area contributed by atoms with Crippen molar-refractivity contribution >= 4 is 5.96 Å². The fraction of sp³-hybridized carbons (Fsp3) is 0.933. The number of nitrogens with one attached hydrogen (secondary N) is 2. The molecular formula is C15H30N4. The molecule has 0 radical (unpaired) electrons. The lowest BCUT2D eigenvalue weighted by atomic mass is 9.67. The van der Waals surface area contributed by atoms with Crippen LogP contribution in [0, 0.1) is 11.3 Å². The highest BCUT2D eigenvalue weighted by Gasteiger charge is 2.34. The molecule has 1 heterocycles. The first-order valence-corrected chi connectivity index (χ1v) is 7.80. The first-order valence-electron chi connectivity index (χ1n) is 7.80. The van der Waals surface area contributed by atoms with Crippen LogP contribution < -0.4 is 10.6 Å². The Morgan fingerprint density at radius 2 is 2.16 bits per heavy atom. The number of hydrogen-bond acceptors (Lipinski definition) is 2. The highest BCUT2D eigenvalue weighted by Crippen LogP contribution is 2.42. The maximum Gasteiger partial charge on any atom is 0.191 e. The first-order chi connectivity index (χ1) is 9.17. The second-order valence-corrected chi connectivity index (χ2v) is 6.43. The van der Waals surface area contributed by atoms with E-state index in [0.29, 0.717) is 5.41 Å². The lowest BCUT2D eigenvalue weighted by Crippen LogP contribution is -2.47. The molecule has 0 aromatic heterocycles. The summed E-state index contributed by atoms with van der Waals surface area (Å²) in [6.45, 7) is 6.88. The molecule has 2 rings (SSSR count). The molecule has 0 amide bonds. The van der Waals surface area contributed by atoms with E-state index in [9.17, 15) is 0 Å². The third-order valence-electron chi connectivity index (χ3n) is 5.07. The van der Waals surface area contributed by atoms with E-state index in [1.165, 1.54) is 45.2 Å². The lowest BCUT2D eigenvalue weighted by molar-refractivity contribution is 0.131. The predicted octanol–water partition coefficient (Wildman–Crippen LogP) is 1.68. The third-order valence-corrected chi connectivity index (χ3v) is 5.07. The third kappa shape index (κ3) is 3.85. The first kappa shape index (κ1) is 14.6. The van der Waals surface area contributed by atoms with Gasteiger partial charge in [0.2, 0.25) is 0 Å². The zero-order valence-corrected chi connectivity index (χ0v) is 12.8. The Morgan fingerprint density at radius 1 is 1.37 bits per heavy atom. The van der Waals surface area contributed by atoms with Gasteiger partial charge in [0.1, 0.15) is 0 Å². The summed E-state index contributed by atoms with van der Waals surface area (Å²) in [6.07, 6.45) is 6.74. The van der Waals surface area contributed by atoms with Crippen molar-refractivity contribution in [2.75, 3.05) is 40.3 Å². The van der Waals surface area contributed by atoms with Crippen molar-refractivity contribution in [3.63, 3.8) is 0 Å². The van der Waals surface area contributed by atoms with Gasteiger partial charge in [-0.15, -0.1) is 0 Å². The van der Waals surface area contributed by atoms with E-state index in [0.717, 1.165) is 25.0 Å². The quantitative estimate of drug-likeness (QED) is 0.587. The van der Waals surface area contributed by atoms with E-state index in [1.807, 2.05) is 7.05 Å². The summed E-state index contributed by atoms with van der Waals surface area (Å²) in [6, 6.07) is 0. The molecule has 0 bridgehead atoms. The Kier molecular flexibility index (Phi) is 5.08. The van der Waals surface area contributed by atoms with Crippen LogP contribution in [-0.4, -0.2) is 51.1 Å². The van der Waals surface area contributed by atoms with E-state index in [1.54, 1.807) is 0 Å². The van der Waals surface area contributed by atoms with Crippen molar-refractivity contribution in [1.29, 1.82) is 0 Å². The fourth-order valence-corrected chi connectivity index (χ4v) is 3.26. The Labute approximate surface area is 118 Å². The molecule has 0 aromatic carbocycles. The van der Waals surface area contributed by atoms with Crippen molar-refractivity contribution in [1.82, 2.24) is 15.5 Å². The monoisotopic (exact) mass is 266 g/mol. The van der Waals surface area contributed by atoms with Crippen molar-refractivity contribution in [3.05, 3.63) is 0 Å². The molecule has 2 fully saturated rings. The van der Waals surface area contributed by atoms with Gasteiger partial charge in [0.15, 0.2) is 5.96 Å². The van der Waals surface area contributed by atoms with Gasteiger partial charge in [0.25, 0.3) is 0 Å².